The van der Waals surface area contributed by atoms with E-state index in [2.05, 4.69) is 10.6 Å². The number of amides is 2. The van der Waals surface area contributed by atoms with Gasteiger partial charge >= 0.3 is 0 Å². The molecule has 1 saturated carbocycles. The Hall–Kier alpha value is -2.22. The molecule has 2 aliphatic rings. The van der Waals surface area contributed by atoms with Gasteiger partial charge in [0, 0.05) is 12.1 Å². The highest BCUT2D eigenvalue weighted by Crippen LogP contribution is 2.35. The minimum Gasteiger partial charge on any atom is -0.478 e. The zero-order chi connectivity index (χ0) is 18.2. The summed E-state index contributed by atoms with van der Waals surface area (Å²) in [4.78, 5) is 23.6. The van der Waals surface area contributed by atoms with Gasteiger partial charge in [0.2, 0.25) is 5.82 Å². The van der Waals surface area contributed by atoms with E-state index in [4.69, 9.17) is 4.74 Å². The summed E-state index contributed by atoms with van der Waals surface area (Å²) in [6.07, 6.45) is 2.36. The molecule has 0 saturated heterocycles. The lowest BCUT2D eigenvalue weighted by Crippen LogP contribution is -2.49. The Bertz CT molecular complexity index is 725. The highest BCUT2D eigenvalue weighted by Gasteiger charge is 2.39. The number of benzene rings is 1. The number of halogens is 2. The zero-order valence-corrected chi connectivity index (χ0v) is 13.8. The van der Waals surface area contributed by atoms with Crippen molar-refractivity contribution in [2.24, 2.45) is 5.92 Å². The molecule has 1 aromatic rings. The monoisotopic (exact) mass is 354 g/mol. The van der Waals surface area contributed by atoms with E-state index in [9.17, 15) is 23.5 Å². The van der Waals surface area contributed by atoms with Crippen LogP contribution in [-0.2, 0) is 16.1 Å². The van der Waals surface area contributed by atoms with Crippen molar-refractivity contribution in [3.8, 4) is 5.75 Å². The number of rotatable bonds is 3. The van der Waals surface area contributed by atoms with Crippen molar-refractivity contribution in [3.63, 3.8) is 0 Å². The molecular formula is C17H20F2N2O4. The SMILES string of the molecule is CC1CCCC(O)(C(=O)NCc2cc3c(c(F)c2F)OCC(=O)N3)C1. The molecule has 2 unspecified atom stereocenters. The molecular weight excluding hydrogens is 334 g/mol. The average Bonchev–Trinajstić information content (AvgIpc) is 2.56. The molecule has 0 radical (unpaired) electrons. The van der Waals surface area contributed by atoms with E-state index in [0.717, 1.165) is 12.8 Å². The quantitative estimate of drug-likeness (QED) is 0.773. The summed E-state index contributed by atoms with van der Waals surface area (Å²) < 4.78 is 33.1. The summed E-state index contributed by atoms with van der Waals surface area (Å²) in [5.74, 6) is -3.58. The van der Waals surface area contributed by atoms with Gasteiger partial charge in [-0.1, -0.05) is 13.3 Å². The first-order chi connectivity index (χ1) is 11.8. The minimum absolute atomic E-state index is 0.0180. The van der Waals surface area contributed by atoms with Crippen LogP contribution in [0, 0.1) is 17.6 Å². The fourth-order valence-corrected chi connectivity index (χ4v) is 3.42. The molecule has 3 N–H and O–H groups in total. The van der Waals surface area contributed by atoms with Crippen molar-refractivity contribution in [1.82, 2.24) is 5.32 Å². The molecule has 1 heterocycles. The first kappa shape index (κ1) is 17.6. The molecule has 0 bridgehead atoms. The van der Waals surface area contributed by atoms with Gasteiger partial charge in [-0.25, -0.2) is 4.39 Å². The van der Waals surface area contributed by atoms with Gasteiger partial charge in [-0.2, -0.15) is 4.39 Å². The topological polar surface area (TPSA) is 87.7 Å². The van der Waals surface area contributed by atoms with Crippen LogP contribution in [0.15, 0.2) is 6.07 Å². The van der Waals surface area contributed by atoms with Gasteiger partial charge in [0.25, 0.3) is 11.8 Å². The third-order valence-corrected chi connectivity index (χ3v) is 4.69. The van der Waals surface area contributed by atoms with Crippen LogP contribution < -0.4 is 15.4 Å². The molecule has 1 aromatic carbocycles. The smallest absolute Gasteiger partial charge is 0.262 e. The number of carbonyl (C=O) groups is 2. The number of aliphatic hydroxyl groups is 1. The first-order valence-electron chi connectivity index (χ1n) is 8.24. The van der Waals surface area contributed by atoms with Gasteiger partial charge in [-0.05, 0) is 31.2 Å². The Morgan fingerprint density at radius 1 is 1.48 bits per heavy atom. The van der Waals surface area contributed by atoms with Crippen molar-refractivity contribution < 1.29 is 28.2 Å². The van der Waals surface area contributed by atoms with Crippen molar-refractivity contribution in [2.75, 3.05) is 11.9 Å². The number of fused-ring (bicyclic) bond motifs is 1. The third-order valence-electron chi connectivity index (χ3n) is 4.69. The normalized spacial score (nSPS) is 25.6. The number of ether oxygens (including phenoxy) is 1. The third kappa shape index (κ3) is 3.44. The van der Waals surface area contributed by atoms with E-state index in [1.54, 1.807) is 0 Å². The molecule has 1 fully saturated rings. The Balaban J connectivity index is 1.75. The van der Waals surface area contributed by atoms with Gasteiger partial charge in [0.1, 0.15) is 5.60 Å². The largest absolute Gasteiger partial charge is 0.478 e. The van der Waals surface area contributed by atoms with Crippen LogP contribution >= 0.6 is 0 Å². The van der Waals surface area contributed by atoms with Crippen molar-refractivity contribution in [2.45, 2.75) is 44.8 Å². The highest BCUT2D eigenvalue weighted by molar-refractivity contribution is 5.95. The van der Waals surface area contributed by atoms with E-state index >= 15 is 0 Å². The van der Waals surface area contributed by atoms with E-state index in [0.29, 0.717) is 12.8 Å². The molecule has 8 heteroatoms. The Kier molecular flexibility index (Phi) is 4.64. The van der Waals surface area contributed by atoms with Crippen LogP contribution in [0.1, 0.15) is 38.2 Å². The van der Waals surface area contributed by atoms with E-state index in [1.807, 2.05) is 6.92 Å². The maximum atomic E-state index is 14.2. The predicted molar refractivity (Wildman–Crippen MR) is 84.9 cm³/mol. The predicted octanol–water partition coefficient (Wildman–Crippen LogP) is 1.85. The van der Waals surface area contributed by atoms with Gasteiger partial charge in [-0.3, -0.25) is 9.59 Å². The molecule has 1 aliphatic carbocycles. The second-order valence-corrected chi connectivity index (χ2v) is 6.79. The zero-order valence-electron chi connectivity index (χ0n) is 13.8. The number of hydrogen-bond donors (Lipinski definition) is 3. The Morgan fingerprint density at radius 2 is 2.24 bits per heavy atom. The van der Waals surface area contributed by atoms with Crippen molar-refractivity contribution >= 4 is 17.5 Å². The van der Waals surface area contributed by atoms with Gasteiger partial charge in [-0.15, -0.1) is 0 Å². The summed E-state index contributed by atoms with van der Waals surface area (Å²) in [6.45, 7) is 1.27. The molecule has 2 atom stereocenters. The van der Waals surface area contributed by atoms with E-state index < -0.39 is 29.0 Å². The molecule has 1 aliphatic heterocycles. The molecule has 0 spiro atoms. The van der Waals surface area contributed by atoms with E-state index in [1.165, 1.54) is 6.07 Å². The number of anilines is 1. The minimum atomic E-state index is -1.49. The second-order valence-electron chi connectivity index (χ2n) is 6.79. The highest BCUT2D eigenvalue weighted by atomic mass is 19.2. The molecule has 136 valence electrons. The molecule has 6 nitrogen and oxygen atoms in total. The fourth-order valence-electron chi connectivity index (χ4n) is 3.42. The van der Waals surface area contributed by atoms with Gasteiger partial charge < -0.3 is 20.5 Å². The van der Waals surface area contributed by atoms with Crippen molar-refractivity contribution in [1.29, 1.82) is 0 Å². The van der Waals surface area contributed by atoms with Crippen LogP contribution in [0.2, 0.25) is 0 Å². The molecule has 3 rings (SSSR count). The van der Waals surface area contributed by atoms with Crippen LogP contribution in [0.4, 0.5) is 14.5 Å². The lowest BCUT2D eigenvalue weighted by molar-refractivity contribution is -0.144. The van der Waals surface area contributed by atoms with Crippen LogP contribution in [0.5, 0.6) is 5.75 Å². The molecule has 0 aromatic heterocycles. The maximum absolute atomic E-state index is 14.2. The summed E-state index contributed by atoms with van der Waals surface area (Å²) in [6, 6.07) is 1.22. The summed E-state index contributed by atoms with van der Waals surface area (Å²) in [5, 5.41) is 15.3. The molecule has 2 amide bonds. The lowest BCUT2D eigenvalue weighted by atomic mass is 9.78. The Morgan fingerprint density at radius 3 is 2.96 bits per heavy atom. The number of nitrogens with one attached hydrogen (secondary N) is 2. The summed E-state index contributed by atoms with van der Waals surface area (Å²) in [5.41, 5.74) is -1.61. The first-order valence-corrected chi connectivity index (χ1v) is 8.24. The maximum Gasteiger partial charge on any atom is 0.262 e. The number of carbonyl (C=O) groups excluding carboxylic acids is 2. The summed E-state index contributed by atoms with van der Waals surface area (Å²) >= 11 is 0. The lowest BCUT2D eigenvalue weighted by Gasteiger charge is -2.34. The average molecular weight is 354 g/mol. The van der Waals surface area contributed by atoms with Crippen LogP contribution in [0.3, 0.4) is 0 Å². The fraction of sp³-hybridized carbons (Fsp3) is 0.529. The van der Waals surface area contributed by atoms with Gasteiger partial charge in [0.15, 0.2) is 18.2 Å². The van der Waals surface area contributed by atoms with Crippen LogP contribution in [-0.4, -0.2) is 29.1 Å². The van der Waals surface area contributed by atoms with E-state index in [-0.39, 0.29) is 36.1 Å². The number of hydrogen-bond acceptors (Lipinski definition) is 4. The van der Waals surface area contributed by atoms with Gasteiger partial charge in [0.05, 0.1) is 5.69 Å². The Labute approximate surface area is 143 Å². The summed E-state index contributed by atoms with van der Waals surface area (Å²) in [7, 11) is 0. The standard InChI is InChI=1S/C17H20F2N2O4/c1-9-3-2-4-17(24,6-9)16(23)20-7-10-5-11-15(14(19)13(10)18)25-8-12(22)21-11/h5,9,24H,2-4,6-8H2,1H3,(H,20,23)(H,21,22). The van der Waals surface area contributed by atoms with Crippen LogP contribution in [0.25, 0.3) is 0 Å². The van der Waals surface area contributed by atoms with Crippen molar-refractivity contribution in [3.05, 3.63) is 23.3 Å². The second kappa shape index (κ2) is 6.59. The molecule has 25 heavy (non-hydrogen) atoms.